The summed E-state index contributed by atoms with van der Waals surface area (Å²) < 4.78 is 0. The second kappa shape index (κ2) is 2.01. The van der Waals surface area contributed by atoms with Crippen LogP contribution in [0.1, 0.15) is 27.7 Å². The van der Waals surface area contributed by atoms with Crippen LogP contribution in [0, 0.1) is 5.41 Å². The van der Waals surface area contributed by atoms with Crippen LogP contribution >= 0.6 is 0 Å². The number of rotatable bonds is 0. The first-order valence-corrected chi connectivity index (χ1v) is 3.84. The molecule has 0 aromatic carbocycles. The van der Waals surface area contributed by atoms with Crippen LogP contribution in [0.15, 0.2) is 11.3 Å². The van der Waals surface area contributed by atoms with Crippen LogP contribution in [0.2, 0.25) is 0 Å². The van der Waals surface area contributed by atoms with Gasteiger partial charge in [0.25, 0.3) is 0 Å². The largest absolute Gasteiger partial charge is 0.377 e. The molecule has 1 aliphatic heterocycles. The van der Waals surface area contributed by atoms with Crippen LogP contribution in [0.4, 0.5) is 0 Å². The number of allylic oxidation sites excluding steroid dienone is 1. The van der Waals surface area contributed by atoms with E-state index in [9.17, 15) is 0 Å². The Hall–Kier alpha value is -0.460. The van der Waals surface area contributed by atoms with E-state index >= 15 is 0 Å². The van der Waals surface area contributed by atoms with Crippen molar-refractivity contribution in [3.8, 4) is 0 Å². The Balaban J connectivity index is 2.95. The summed E-state index contributed by atoms with van der Waals surface area (Å²) in [5.41, 5.74) is 3.39. The fourth-order valence-electron chi connectivity index (χ4n) is 1.61. The Morgan fingerprint density at radius 1 is 1.30 bits per heavy atom. The molecule has 58 valence electrons. The Kier molecular flexibility index (Phi) is 1.54. The lowest BCUT2D eigenvalue weighted by Gasteiger charge is -2.20. The van der Waals surface area contributed by atoms with Gasteiger partial charge in [-0.15, -0.1) is 0 Å². The van der Waals surface area contributed by atoms with Crippen molar-refractivity contribution in [2.45, 2.75) is 27.7 Å². The first kappa shape index (κ1) is 7.64. The highest BCUT2D eigenvalue weighted by Gasteiger charge is 2.30. The molecule has 0 saturated carbocycles. The molecule has 0 radical (unpaired) electrons. The Labute approximate surface area is 63.7 Å². The highest BCUT2D eigenvalue weighted by Crippen LogP contribution is 2.36. The van der Waals surface area contributed by atoms with Gasteiger partial charge in [0.05, 0.1) is 0 Å². The molecule has 0 unspecified atom stereocenters. The van der Waals surface area contributed by atoms with Gasteiger partial charge in [0.15, 0.2) is 0 Å². The topological polar surface area (TPSA) is 3.24 Å². The summed E-state index contributed by atoms with van der Waals surface area (Å²) >= 11 is 0. The van der Waals surface area contributed by atoms with Gasteiger partial charge in [-0.2, -0.15) is 0 Å². The summed E-state index contributed by atoms with van der Waals surface area (Å²) in [6, 6.07) is 0. The lowest BCUT2D eigenvalue weighted by molar-refractivity contribution is 0.342. The Morgan fingerprint density at radius 2 is 1.80 bits per heavy atom. The van der Waals surface area contributed by atoms with Gasteiger partial charge < -0.3 is 4.90 Å². The molecule has 0 atom stereocenters. The van der Waals surface area contributed by atoms with E-state index in [2.05, 4.69) is 39.6 Å². The monoisotopic (exact) mass is 139 g/mol. The quantitative estimate of drug-likeness (QED) is 0.497. The summed E-state index contributed by atoms with van der Waals surface area (Å²) in [5, 5.41) is 0. The molecule has 1 heterocycles. The summed E-state index contributed by atoms with van der Waals surface area (Å²) in [6.07, 6.45) is 0. The van der Waals surface area contributed by atoms with E-state index in [-0.39, 0.29) is 0 Å². The molecule has 0 aromatic rings. The molecule has 0 spiro atoms. The van der Waals surface area contributed by atoms with E-state index < -0.39 is 0 Å². The Bertz CT molecular complexity index is 177. The van der Waals surface area contributed by atoms with E-state index in [4.69, 9.17) is 0 Å². The van der Waals surface area contributed by atoms with Crippen molar-refractivity contribution >= 4 is 0 Å². The average Bonchev–Trinajstić information content (AvgIpc) is 1.95. The van der Waals surface area contributed by atoms with E-state index in [1.807, 2.05) is 0 Å². The third-order valence-corrected chi connectivity index (χ3v) is 2.76. The lowest BCUT2D eigenvalue weighted by atomic mass is 9.87. The Morgan fingerprint density at radius 3 is 1.90 bits per heavy atom. The van der Waals surface area contributed by atoms with Crippen molar-refractivity contribution in [2.24, 2.45) is 5.41 Å². The van der Waals surface area contributed by atoms with Crippen LogP contribution in [-0.2, 0) is 0 Å². The second-order valence-corrected chi connectivity index (χ2v) is 3.95. The molecule has 1 heteroatoms. The van der Waals surface area contributed by atoms with Gasteiger partial charge in [-0.3, -0.25) is 0 Å². The highest BCUT2D eigenvalue weighted by molar-refractivity contribution is 5.22. The lowest BCUT2D eigenvalue weighted by Crippen LogP contribution is -2.21. The van der Waals surface area contributed by atoms with Crippen molar-refractivity contribution in [1.29, 1.82) is 0 Å². The van der Waals surface area contributed by atoms with Crippen molar-refractivity contribution in [3.63, 3.8) is 0 Å². The van der Waals surface area contributed by atoms with Gasteiger partial charge in [0, 0.05) is 24.7 Å². The maximum Gasteiger partial charge on any atom is 0.0260 e. The fraction of sp³-hybridized carbons (Fsp3) is 0.778. The molecule has 0 aromatic heterocycles. The van der Waals surface area contributed by atoms with Gasteiger partial charge in [0.1, 0.15) is 0 Å². The predicted molar refractivity (Wildman–Crippen MR) is 44.8 cm³/mol. The zero-order chi connectivity index (χ0) is 7.94. The minimum absolute atomic E-state index is 0.402. The summed E-state index contributed by atoms with van der Waals surface area (Å²) in [5.74, 6) is 0. The molecular weight excluding hydrogens is 122 g/mol. The standard InChI is InChI=1S/C9H17N/c1-7-8(2)10(5)6-9(7,3)4/h6H2,1-5H3. The van der Waals surface area contributed by atoms with Gasteiger partial charge in [-0.1, -0.05) is 13.8 Å². The fourth-order valence-corrected chi connectivity index (χ4v) is 1.61. The van der Waals surface area contributed by atoms with Gasteiger partial charge in [0.2, 0.25) is 0 Å². The second-order valence-electron chi connectivity index (χ2n) is 3.95. The van der Waals surface area contributed by atoms with Gasteiger partial charge in [-0.25, -0.2) is 0 Å². The molecular formula is C9H17N. The van der Waals surface area contributed by atoms with E-state index in [1.54, 1.807) is 0 Å². The van der Waals surface area contributed by atoms with Crippen molar-refractivity contribution < 1.29 is 0 Å². The SMILES string of the molecule is CC1=C(C)C(C)(C)CN1C. The zero-order valence-electron chi connectivity index (χ0n) is 7.65. The van der Waals surface area contributed by atoms with Crippen molar-refractivity contribution in [3.05, 3.63) is 11.3 Å². The molecule has 0 amide bonds. The molecule has 0 N–H and O–H groups in total. The number of hydrogen-bond acceptors (Lipinski definition) is 1. The molecule has 10 heavy (non-hydrogen) atoms. The third-order valence-electron chi connectivity index (χ3n) is 2.76. The van der Waals surface area contributed by atoms with Crippen molar-refractivity contribution in [2.75, 3.05) is 13.6 Å². The van der Waals surface area contributed by atoms with Gasteiger partial charge in [-0.05, 0) is 19.4 Å². The predicted octanol–water partition coefficient (Wildman–Crippen LogP) is 2.25. The highest BCUT2D eigenvalue weighted by atomic mass is 15.1. The van der Waals surface area contributed by atoms with Crippen molar-refractivity contribution in [1.82, 2.24) is 4.90 Å². The van der Waals surface area contributed by atoms with Crippen LogP contribution in [0.3, 0.4) is 0 Å². The molecule has 1 rings (SSSR count). The zero-order valence-corrected chi connectivity index (χ0v) is 7.65. The summed E-state index contributed by atoms with van der Waals surface area (Å²) in [7, 11) is 2.16. The summed E-state index contributed by atoms with van der Waals surface area (Å²) in [4.78, 5) is 2.33. The smallest absolute Gasteiger partial charge is 0.0260 e. The average molecular weight is 139 g/mol. The van der Waals surface area contributed by atoms with Gasteiger partial charge >= 0.3 is 0 Å². The normalized spacial score (nSPS) is 24.3. The minimum atomic E-state index is 0.402. The van der Waals surface area contributed by atoms with Crippen LogP contribution in [0.5, 0.6) is 0 Å². The molecule has 0 aliphatic carbocycles. The first-order valence-electron chi connectivity index (χ1n) is 3.84. The van der Waals surface area contributed by atoms with Crippen LogP contribution < -0.4 is 0 Å². The minimum Gasteiger partial charge on any atom is -0.377 e. The van der Waals surface area contributed by atoms with Crippen LogP contribution in [0.25, 0.3) is 0 Å². The van der Waals surface area contributed by atoms with E-state index in [0.717, 1.165) is 0 Å². The molecule has 1 aliphatic rings. The van der Waals surface area contributed by atoms with E-state index in [1.165, 1.54) is 17.8 Å². The van der Waals surface area contributed by atoms with Crippen LogP contribution in [-0.4, -0.2) is 18.5 Å². The summed E-state index contributed by atoms with van der Waals surface area (Å²) in [6.45, 7) is 10.2. The third kappa shape index (κ3) is 0.938. The molecule has 1 nitrogen and oxygen atoms in total. The van der Waals surface area contributed by atoms with E-state index in [0.29, 0.717) is 5.41 Å². The molecule has 0 fully saturated rings. The number of nitrogens with zero attached hydrogens (tertiary/aromatic N) is 1. The molecule has 0 bridgehead atoms. The first-order chi connectivity index (χ1) is 4.45. The maximum atomic E-state index is 2.33. The number of hydrogen-bond donors (Lipinski definition) is 0. The molecule has 0 saturated heterocycles. The maximum absolute atomic E-state index is 2.33.